The number of esters is 1. The van der Waals surface area contributed by atoms with Crippen LogP contribution in [0.5, 0.6) is 11.5 Å². The Morgan fingerprint density at radius 3 is 2.87 bits per heavy atom. The smallest absolute Gasteiger partial charge is 0.338 e. The molecule has 0 spiro atoms. The highest BCUT2D eigenvalue weighted by Gasteiger charge is 2.30. The van der Waals surface area contributed by atoms with Gasteiger partial charge in [0.2, 0.25) is 6.79 Å². The van der Waals surface area contributed by atoms with Crippen LogP contribution in [0.25, 0.3) is 16.3 Å². The van der Waals surface area contributed by atoms with Crippen LogP contribution in [0, 0.1) is 0 Å². The lowest BCUT2D eigenvalue weighted by Crippen LogP contribution is -1.99. The van der Waals surface area contributed by atoms with Crippen molar-refractivity contribution in [2.45, 2.75) is 19.4 Å². The first-order valence-corrected chi connectivity index (χ1v) is 7.75. The normalized spacial score (nSPS) is 18.1. The number of hydrogen-bond acceptors (Lipinski definition) is 4. The lowest BCUT2D eigenvalue weighted by molar-refractivity contribution is 0.0535. The number of hydrogen-bond donors (Lipinski definition) is 0. The Hall–Kier alpha value is -2.75. The third kappa shape index (κ3) is 1.75. The van der Waals surface area contributed by atoms with Gasteiger partial charge < -0.3 is 14.2 Å². The second kappa shape index (κ2) is 4.62. The van der Waals surface area contributed by atoms with Crippen molar-refractivity contribution in [3.05, 3.63) is 53.1 Å². The summed E-state index contributed by atoms with van der Waals surface area (Å²) in [5, 5.41) is 1.98. The molecule has 0 atom stereocenters. The molecule has 2 aliphatic heterocycles. The van der Waals surface area contributed by atoms with Crippen molar-refractivity contribution in [3.63, 3.8) is 0 Å². The van der Waals surface area contributed by atoms with Crippen LogP contribution in [0.4, 0.5) is 0 Å². The SMILES string of the molecule is O=C1OCc2c1cc1ccc3c(c1c2C1=CCCC=C1)OCO3. The van der Waals surface area contributed by atoms with E-state index in [1.165, 1.54) is 0 Å². The monoisotopic (exact) mass is 306 g/mol. The number of rotatable bonds is 1. The van der Waals surface area contributed by atoms with Gasteiger partial charge in [-0.25, -0.2) is 4.79 Å². The Balaban J connectivity index is 1.92. The first kappa shape index (κ1) is 12.8. The standard InChI is InChI=1S/C19H14O4/c20-19-13-8-12-6-7-15-18(23-10-22-15)17(12)16(14(13)9-21-19)11-4-2-1-3-5-11/h2,4-8H,1,3,9-10H2. The van der Waals surface area contributed by atoms with E-state index in [-0.39, 0.29) is 12.8 Å². The number of fused-ring (bicyclic) bond motifs is 4. The molecule has 0 bridgehead atoms. The third-order valence-corrected chi connectivity index (χ3v) is 4.60. The Labute approximate surface area is 133 Å². The van der Waals surface area contributed by atoms with E-state index in [9.17, 15) is 4.79 Å². The first-order chi connectivity index (χ1) is 11.3. The molecule has 0 amide bonds. The molecule has 114 valence electrons. The molecule has 4 nitrogen and oxygen atoms in total. The molecule has 2 aromatic rings. The van der Waals surface area contributed by atoms with Crippen LogP contribution in [-0.2, 0) is 11.3 Å². The summed E-state index contributed by atoms with van der Waals surface area (Å²) in [6.07, 6.45) is 8.55. The maximum absolute atomic E-state index is 12.1. The second-order valence-corrected chi connectivity index (χ2v) is 5.89. The summed E-state index contributed by atoms with van der Waals surface area (Å²) in [5.74, 6) is 1.27. The molecule has 0 radical (unpaired) electrons. The predicted molar refractivity (Wildman–Crippen MR) is 85.5 cm³/mol. The summed E-state index contributed by atoms with van der Waals surface area (Å²) in [5.41, 5.74) is 3.78. The molecular formula is C19H14O4. The minimum absolute atomic E-state index is 0.231. The van der Waals surface area contributed by atoms with Crippen molar-refractivity contribution in [1.29, 1.82) is 0 Å². The highest BCUT2D eigenvalue weighted by Crippen LogP contribution is 2.46. The maximum Gasteiger partial charge on any atom is 0.338 e. The topological polar surface area (TPSA) is 44.8 Å². The van der Waals surface area contributed by atoms with Crippen LogP contribution in [0.15, 0.2) is 36.4 Å². The largest absolute Gasteiger partial charge is 0.457 e. The van der Waals surface area contributed by atoms with Gasteiger partial charge in [0.15, 0.2) is 11.5 Å². The summed E-state index contributed by atoms with van der Waals surface area (Å²) in [6.45, 7) is 0.546. The van der Waals surface area contributed by atoms with Crippen LogP contribution in [0.2, 0.25) is 0 Å². The van der Waals surface area contributed by atoms with E-state index in [1.807, 2.05) is 18.2 Å². The molecule has 1 aliphatic carbocycles. The van der Waals surface area contributed by atoms with Gasteiger partial charge in [0.25, 0.3) is 0 Å². The van der Waals surface area contributed by atoms with Crippen molar-refractivity contribution in [2.75, 3.05) is 6.79 Å². The zero-order valence-corrected chi connectivity index (χ0v) is 12.4. The fraction of sp³-hybridized carbons (Fsp3) is 0.211. The average Bonchev–Trinajstić information content (AvgIpc) is 3.21. The second-order valence-electron chi connectivity index (χ2n) is 5.89. The molecule has 4 heteroatoms. The van der Waals surface area contributed by atoms with Gasteiger partial charge >= 0.3 is 5.97 Å². The third-order valence-electron chi connectivity index (χ3n) is 4.60. The van der Waals surface area contributed by atoms with Gasteiger partial charge in [-0.1, -0.05) is 24.3 Å². The Morgan fingerprint density at radius 2 is 2.00 bits per heavy atom. The van der Waals surface area contributed by atoms with Gasteiger partial charge in [-0.2, -0.15) is 0 Å². The summed E-state index contributed by atoms with van der Waals surface area (Å²) in [4.78, 5) is 12.1. The molecule has 23 heavy (non-hydrogen) atoms. The van der Waals surface area contributed by atoms with Gasteiger partial charge in [0.05, 0.1) is 5.56 Å². The number of carbonyl (C=O) groups is 1. The summed E-state index contributed by atoms with van der Waals surface area (Å²) < 4.78 is 16.5. The van der Waals surface area contributed by atoms with Crippen LogP contribution in [0.3, 0.4) is 0 Å². The summed E-state index contributed by atoms with van der Waals surface area (Å²) in [6, 6.07) is 5.77. The maximum atomic E-state index is 12.1. The van der Waals surface area contributed by atoms with Crippen LogP contribution in [0.1, 0.15) is 34.3 Å². The molecule has 2 heterocycles. The molecule has 0 N–H and O–H groups in total. The van der Waals surface area contributed by atoms with Crippen molar-refractivity contribution in [1.82, 2.24) is 0 Å². The Kier molecular flexibility index (Phi) is 2.56. The van der Waals surface area contributed by atoms with Crippen LogP contribution < -0.4 is 9.47 Å². The predicted octanol–water partition coefficient (Wildman–Crippen LogP) is 3.97. The van der Waals surface area contributed by atoms with E-state index in [2.05, 4.69) is 18.2 Å². The van der Waals surface area contributed by atoms with Crippen molar-refractivity contribution < 1.29 is 19.0 Å². The van der Waals surface area contributed by atoms with E-state index >= 15 is 0 Å². The van der Waals surface area contributed by atoms with Gasteiger partial charge in [-0.3, -0.25) is 0 Å². The van der Waals surface area contributed by atoms with E-state index in [4.69, 9.17) is 14.2 Å². The highest BCUT2D eigenvalue weighted by atomic mass is 16.7. The van der Waals surface area contributed by atoms with Crippen molar-refractivity contribution >= 4 is 22.3 Å². The molecular weight excluding hydrogens is 292 g/mol. The Bertz CT molecular complexity index is 921. The summed E-state index contributed by atoms with van der Waals surface area (Å²) >= 11 is 0. The molecule has 5 rings (SSSR count). The lowest BCUT2D eigenvalue weighted by atomic mass is 9.88. The fourth-order valence-corrected chi connectivity index (χ4v) is 3.56. The molecule has 0 fully saturated rings. The van der Waals surface area contributed by atoms with Gasteiger partial charge in [-0.15, -0.1) is 0 Å². The van der Waals surface area contributed by atoms with Gasteiger partial charge in [0.1, 0.15) is 6.61 Å². The summed E-state index contributed by atoms with van der Waals surface area (Å²) in [7, 11) is 0. The van der Waals surface area contributed by atoms with E-state index < -0.39 is 0 Å². The molecule has 0 saturated carbocycles. The van der Waals surface area contributed by atoms with E-state index in [1.54, 1.807) is 0 Å². The van der Waals surface area contributed by atoms with E-state index in [0.29, 0.717) is 12.2 Å². The number of cyclic esters (lactones) is 1. The zero-order valence-electron chi connectivity index (χ0n) is 12.4. The Morgan fingerprint density at radius 1 is 1.04 bits per heavy atom. The fourth-order valence-electron chi connectivity index (χ4n) is 3.56. The lowest BCUT2D eigenvalue weighted by Gasteiger charge is -2.16. The zero-order chi connectivity index (χ0) is 15.4. The quantitative estimate of drug-likeness (QED) is 0.748. The molecule has 2 aromatic carbocycles. The van der Waals surface area contributed by atoms with Gasteiger partial charge in [0, 0.05) is 16.5 Å². The number of benzene rings is 2. The average molecular weight is 306 g/mol. The van der Waals surface area contributed by atoms with Crippen LogP contribution in [-0.4, -0.2) is 12.8 Å². The first-order valence-electron chi connectivity index (χ1n) is 7.75. The number of carbonyl (C=O) groups excluding carboxylic acids is 1. The van der Waals surface area contributed by atoms with Crippen LogP contribution >= 0.6 is 0 Å². The van der Waals surface area contributed by atoms with Crippen molar-refractivity contribution in [2.24, 2.45) is 0 Å². The molecule has 3 aliphatic rings. The minimum Gasteiger partial charge on any atom is -0.457 e. The van der Waals surface area contributed by atoms with E-state index in [0.717, 1.165) is 51.8 Å². The van der Waals surface area contributed by atoms with Gasteiger partial charge in [-0.05, 0) is 35.9 Å². The highest BCUT2D eigenvalue weighted by molar-refractivity contribution is 6.08. The number of ether oxygens (including phenoxy) is 3. The van der Waals surface area contributed by atoms with Crippen molar-refractivity contribution in [3.8, 4) is 11.5 Å². The molecule has 0 saturated heterocycles. The molecule has 0 unspecified atom stereocenters. The molecule has 0 aromatic heterocycles. The minimum atomic E-state index is -0.249. The number of allylic oxidation sites excluding steroid dienone is 4.